The molecule has 21 heavy (non-hydrogen) atoms. The van der Waals surface area contributed by atoms with E-state index >= 15 is 0 Å². The Morgan fingerprint density at radius 2 is 2.33 bits per heavy atom. The Kier molecular flexibility index (Phi) is 4.27. The van der Waals surface area contributed by atoms with Crippen LogP contribution in [0.15, 0.2) is 18.2 Å². The molecule has 0 amide bonds. The van der Waals surface area contributed by atoms with E-state index in [1.54, 1.807) is 7.11 Å². The molecule has 2 saturated heterocycles. The molecule has 2 fully saturated rings. The summed E-state index contributed by atoms with van der Waals surface area (Å²) in [4.78, 5) is 14.9. The smallest absolute Gasteiger partial charge is 0.167 e. The number of hydrogen-bond acceptors (Lipinski definition) is 4. The van der Waals surface area contributed by atoms with E-state index in [1.165, 1.54) is 12.8 Å². The van der Waals surface area contributed by atoms with Gasteiger partial charge in [0.15, 0.2) is 5.78 Å². The second kappa shape index (κ2) is 6.16. The first kappa shape index (κ1) is 14.5. The van der Waals surface area contributed by atoms with Crippen LogP contribution in [0.1, 0.15) is 24.0 Å². The van der Waals surface area contributed by atoms with Crippen molar-refractivity contribution in [3.8, 4) is 5.75 Å². The van der Waals surface area contributed by atoms with Crippen LogP contribution in [0, 0.1) is 6.92 Å². The molecule has 0 spiro atoms. The first-order valence-corrected chi connectivity index (χ1v) is 7.69. The SMILES string of the molecule is COc1ccc(C)cc1CC(=O)C1CN2CCCC2CO1. The quantitative estimate of drug-likeness (QED) is 0.849. The van der Waals surface area contributed by atoms with Crippen LogP contribution in [-0.2, 0) is 16.0 Å². The van der Waals surface area contributed by atoms with Gasteiger partial charge in [0.25, 0.3) is 0 Å². The maximum absolute atomic E-state index is 12.5. The van der Waals surface area contributed by atoms with Crippen LogP contribution < -0.4 is 4.74 Å². The standard InChI is InChI=1S/C17H23NO3/c1-12-5-6-16(20-2)13(8-12)9-15(19)17-10-18-7-3-4-14(18)11-21-17/h5-6,8,14,17H,3-4,7,9-11H2,1-2H3. The van der Waals surface area contributed by atoms with Gasteiger partial charge in [-0.1, -0.05) is 17.7 Å². The summed E-state index contributed by atoms with van der Waals surface area (Å²) in [5.74, 6) is 0.938. The second-order valence-electron chi connectivity index (χ2n) is 6.07. The fourth-order valence-corrected chi connectivity index (χ4v) is 3.36. The minimum atomic E-state index is -0.287. The summed E-state index contributed by atoms with van der Waals surface area (Å²) in [6.07, 6.45) is 2.52. The van der Waals surface area contributed by atoms with E-state index in [2.05, 4.69) is 4.90 Å². The molecule has 1 aromatic rings. The summed E-state index contributed by atoms with van der Waals surface area (Å²) in [6.45, 7) is 4.57. The van der Waals surface area contributed by atoms with E-state index in [-0.39, 0.29) is 11.9 Å². The van der Waals surface area contributed by atoms with E-state index in [9.17, 15) is 4.79 Å². The van der Waals surface area contributed by atoms with Gasteiger partial charge in [0, 0.05) is 24.6 Å². The predicted octanol–water partition coefficient (Wildman–Crippen LogP) is 1.98. The van der Waals surface area contributed by atoms with Crippen molar-refractivity contribution in [3.05, 3.63) is 29.3 Å². The largest absolute Gasteiger partial charge is 0.496 e. The third-order valence-electron chi connectivity index (χ3n) is 4.55. The number of rotatable bonds is 4. The first-order valence-electron chi connectivity index (χ1n) is 7.69. The first-order chi connectivity index (χ1) is 10.2. The van der Waals surface area contributed by atoms with Crippen molar-refractivity contribution in [1.82, 2.24) is 4.90 Å². The number of carbonyl (C=O) groups is 1. The van der Waals surface area contributed by atoms with E-state index in [0.29, 0.717) is 19.1 Å². The molecule has 114 valence electrons. The van der Waals surface area contributed by atoms with Crippen molar-refractivity contribution < 1.29 is 14.3 Å². The molecule has 0 bridgehead atoms. The van der Waals surface area contributed by atoms with E-state index in [1.807, 2.05) is 25.1 Å². The highest BCUT2D eigenvalue weighted by Gasteiger charge is 2.35. The number of hydrogen-bond donors (Lipinski definition) is 0. The fourth-order valence-electron chi connectivity index (χ4n) is 3.36. The molecular formula is C17H23NO3. The molecule has 4 nitrogen and oxygen atoms in total. The summed E-state index contributed by atoms with van der Waals surface area (Å²) in [5.41, 5.74) is 2.09. The third kappa shape index (κ3) is 3.11. The van der Waals surface area contributed by atoms with E-state index in [0.717, 1.165) is 30.0 Å². The topological polar surface area (TPSA) is 38.8 Å². The number of carbonyl (C=O) groups excluding carboxylic acids is 1. The van der Waals surface area contributed by atoms with Gasteiger partial charge in [-0.15, -0.1) is 0 Å². The van der Waals surface area contributed by atoms with Crippen LogP contribution in [0.2, 0.25) is 0 Å². The zero-order valence-corrected chi connectivity index (χ0v) is 12.8. The maximum Gasteiger partial charge on any atom is 0.167 e. The zero-order valence-electron chi connectivity index (χ0n) is 12.8. The molecule has 2 aliphatic rings. The average molecular weight is 289 g/mol. The van der Waals surface area contributed by atoms with Gasteiger partial charge in [-0.25, -0.2) is 0 Å². The molecule has 3 rings (SSSR count). The number of ether oxygens (including phenoxy) is 2. The number of nitrogens with zero attached hydrogens (tertiary/aromatic N) is 1. The van der Waals surface area contributed by atoms with Crippen LogP contribution in [-0.4, -0.2) is 49.6 Å². The molecule has 2 aliphatic heterocycles. The molecular weight excluding hydrogens is 266 g/mol. The number of Topliss-reactive ketones (excluding diaryl/α,β-unsaturated/α-hetero) is 1. The van der Waals surface area contributed by atoms with Gasteiger partial charge in [0.1, 0.15) is 11.9 Å². The Bertz CT molecular complexity index is 529. The van der Waals surface area contributed by atoms with Gasteiger partial charge in [-0.2, -0.15) is 0 Å². The van der Waals surface area contributed by atoms with Gasteiger partial charge in [0.05, 0.1) is 13.7 Å². The number of benzene rings is 1. The summed E-state index contributed by atoms with van der Waals surface area (Å²) < 4.78 is 11.2. The van der Waals surface area contributed by atoms with Crippen molar-refractivity contribution in [2.24, 2.45) is 0 Å². The molecule has 2 atom stereocenters. The number of morpholine rings is 1. The molecule has 0 saturated carbocycles. The Hall–Kier alpha value is -1.39. The molecule has 2 unspecified atom stereocenters. The summed E-state index contributed by atoms with van der Waals surface area (Å²) in [5, 5.41) is 0. The van der Waals surface area contributed by atoms with Crippen molar-refractivity contribution in [3.63, 3.8) is 0 Å². The van der Waals surface area contributed by atoms with Gasteiger partial charge < -0.3 is 9.47 Å². The van der Waals surface area contributed by atoms with Gasteiger partial charge in [0.2, 0.25) is 0 Å². The van der Waals surface area contributed by atoms with E-state index < -0.39 is 0 Å². The number of aryl methyl sites for hydroxylation is 1. The summed E-state index contributed by atoms with van der Waals surface area (Å²) in [6, 6.07) is 6.48. The van der Waals surface area contributed by atoms with Gasteiger partial charge in [-0.3, -0.25) is 9.69 Å². The molecule has 2 heterocycles. The second-order valence-corrected chi connectivity index (χ2v) is 6.07. The number of ketones is 1. The molecule has 0 radical (unpaired) electrons. The maximum atomic E-state index is 12.5. The van der Waals surface area contributed by atoms with Gasteiger partial charge in [-0.05, 0) is 32.4 Å². The minimum absolute atomic E-state index is 0.157. The Balaban J connectivity index is 1.67. The summed E-state index contributed by atoms with van der Waals surface area (Å²) >= 11 is 0. The van der Waals surface area contributed by atoms with Crippen LogP contribution >= 0.6 is 0 Å². The highest BCUT2D eigenvalue weighted by molar-refractivity contribution is 5.86. The zero-order chi connectivity index (χ0) is 14.8. The lowest BCUT2D eigenvalue weighted by molar-refractivity contribution is -0.137. The summed E-state index contributed by atoms with van der Waals surface area (Å²) in [7, 11) is 1.64. The Morgan fingerprint density at radius 1 is 1.48 bits per heavy atom. The monoisotopic (exact) mass is 289 g/mol. The molecule has 4 heteroatoms. The lowest BCUT2D eigenvalue weighted by Crippen LogP contribution is -2.49. The van der Waals surface area contributed by atoms with Crippen molar-refractivity contribution >= 4 is 5.78 Å². The lowest BCUT2D eigenvalue weighted by atomic mass is 10.0. The molecule has 0 aromatic heterocycles. The van der Waals surface area contributed by atoms with Crippen LogP contribution in [0.25, 0.3) is 0 Å². The minimum Gasteiger partial charge on any atom is -0.496 e. The van der Waals surface area contributed by atoms with Crippen molar-refractivity contribution in [2.75, 3.05) is 26.8 Å². The number of methoxy groups -OCH3 is 1. The molecule has 0 aliphatic carbocycles. The van der Waals surface area contributed by atoms with Crippen LogP contribution in [0.3, 0.4) is 0 Å². The third-order valence-corrected chi connectivity index (χ3v) is 4.55. The van der Waals surface area contributed by atoms with E-state index in [4.69, 9.17) is 9.47 Å². The Morgan fingerprint density at radius 3 is 3.14 bits per heavy atom. The van der Waals surface area contributed by atoms with Gasteiger partial charge >= 0.3 is 0 Å². The predicted molar refractivity (Wildman–Crippen MR) is 80.8 cm³/mol. The van der Waals surface area contributed by atoms with Crippen LogP contribution in [0.4, 0.5) is 0 Å². The lowest BCUT2D eigenvalue weighted by Gasteiger charge is -2.34. The average Bonchev–Trinajstić information content (AvgIpc) is 2.94. The normalized spacial score (nSPS) is 25.6. The van der Waals surface area contributed by atoms with Crippen LogP contribution in [0.5, 0.6) is 5.75 Å². The Labute approximate surface area is 126 Å². The highest BCUT2D eigenvalue weighted by Crippen LogP contribution is 2.25. The number of fused-ring (bicyclic) bond motifs is 1. The van der Waals surface area contributed by atoms with Crippen molar-refractivity contribution in [1.29, 1.82) is 0 Å². The molecule has 1 aromatic carbocycles. The molecule has 0 N–H and O–H groups in total. The highest BCUT2D eigenvalue weighted by atomic mass is 16.5. The fraction of sp³-hybridized carbons (Fsp3) is 0.588. The van der Waals surface area contributed by atoms with Crippen molar-refractivity contribution in [2.45, 2.75) is 38.3 Å².